The van der Waals surface area contributed by atoms with Crippen LogP contribution in [0, 0.1) is 0 Å². The number of benzene rings is 1. The third kappa shape index (κ3) is 4.11. The highest BCUT2D eigenvalue weighted by atomic mass is 35.5. The first-order valence-corrected chi connectivity index (χ1v) is 6.32. The Morgan fingerprint density at radius 2 is 1.91 bits per heavy atom. The minimum atomic E-state index is -4.56. The Morgan fingerprint density at radius 3 is 2.50 bits per heavy atom. The monoisotopic (exact) mass is 331 g/mol. The Labute approximate surface area is 128 Å². The van der Waals surface area contributed by atoms with Crippen molar-refractivity contribution in [1.29, 1.82) is 0 Å². The van der Waals surface area contributed by atoms with Crippen LogP contribution < -0.4 is 4.74 Å². The van der Waals surface area contributed by atoms with Crippen molar-refractivity contribution < 1.29 is 27.4 Å². The second-order valence-electron chi connectivity index (χ2n) is 4.13. The van der Waals surface area contributed by atoms with Crippen molar-refractivity contribution in [2.75, 3.05) is 0 Å². The maximum atomic E-state index is 12.7. The van der Waals surface area contributed by atoms with Crippen molar-refractivity contribution in [2.24, 2.45) is 0 Å². The molecule has 116 valence electrons. The van der Waals surface area contributed by atoms with Crippen LogP contribution in [0.15, 0.2) is 36.5 Å². The topological polar surface area (TPSA) is 48.4 Å². The molecule has 0 radical (unpaired) electrons. The van der Waals surface area contributed by atoms with Gasteiger partial charge < -0.3 is 9.47 Å². The summed E-state index contributed by atoms with van der Waals surface area (Å²) in [6.07, 6.45) is -3.25. The first kappa shape index (κ1) is 16.1. The van der Waals surface area contributed by atoms with Gasteiger partial charge in [0.1, 0.15) is 18.1 Å². The molecule has 1 aromatic carbocycles. The molecule has 0 spiro atoms. The van der Waals surface area contributed by atoms with Gasteiger partial charge in [0.15, 0.2) is 0 Å². The van der Waals surface area contributed by atoms with Gasteiger partial charge in [0, 0.05) is 0 Å². The second-order valence-corrected chi connectivity index (χ2v) is 4.54. The molecule has 0 saturated carbocycles. The van der Waals surface area contributed by atoms with Gasteiger partial charge in [-0.05, 0) is 30.3 Å². The summed E-state index contributed by atoms with van der Waals surface area (Å²) in [5.41, 5.74) is -0.498. The van der Waals surface area contributed by atoms with E-state index in [-0.39, 0.29) is 18.1 Å². The van der Waals surface area contributed by atoms with Crippen LogP contribution in [0.2, 0.25) is 5.02 Å². The van der Waals surface area contributed by atoms with Crippen LogP contribution in [0.4, 0.5) is 13.2 Å². The molecule has 0 saturated heterocycles. The molecule has 0 N–H and O–H groups in total. The number of halogens is 4. The highest BCUT2D eigenvalue weighted by molar-refractivity contribution is 6.31. The van der Waals surface area contributed by atoms with Crippen molar-refractivity contribution in [2.45, 2.75) is 12.8 Å². The van der Waals surface area contributed by atoms with Gasteiger partial charge in [-0.15, -0.1) is 0 Å². The predicted molar refractivity (Wildman–Crippen MR) is 71.6 cm³/mol. The zero-order valence-corrected chi connectivity index (χ0v) is 11.7. The van der Waals surface area contributed by atoms with Crippen LogP contribution in [0.1, 0.15) is 11.3 Å². The molecule has 1 aromatic heterocycles. The molecule has 0 aliphatic rings. The van der Waals surface area contributed by atoms with E-state index in [1.165, 1.54) is 24.4 Å². The first-order chi connectivity index (χ1) is 10.4. The normalized spacial score (nSPS) is 11.1. The van der Waals surface area contributed by atoms with Gasteiger partial charge in [0.05, 0.1) is 22.5 Å². The molecule has 0 aliphatic heterocycles. The highest BCUT2D eigenvalue weighted by Gasteiger charge is 2.33. The molecule has 22 heavy (non-hydrogen) atoms. The molecular formula is C14H9ClF3NO3. The van der Waals surface area contributed by atoms with Crippen LogP contribution in [-0.4, -0.2) is 11.5 Å². The summed E-state index contributed by atoms with van der Waals surface area (Å²) in [6.45, 7) is 0.293. The van der Waals surface area contributed by atoms with E-state index in [0.717, 1.165) is 12.1 Å². The Balaban J connectivity index is 2.15. The average Bonchev–Trinajstić information content (AvgIpc) is 2.47. The van der Waals surface area contributed by atoms with Crippen LogP contribution >= 0.6 is 11.6 Å². The molecule has 4 nitrogen and oxygen atoms in total. The quantitative estimate of drug-likeness (QED) is 0.770. The number of pyridine rings is 1. The third-order valence-electron chi connectivity index (χ3n) is 2.58. The second kappa shape index (κ2) is 6.65. The van der Waals surface area contributed by atoms with Crippen molar-refractivity contribution in [1.82, 2.24) is 4.98 Å². The molecule has 0 fully saturated rings. The van der Waals surface area contributed by atoms with Crippen LogP contribution in [-0.2, 0) is 22.3 Å². The van der Waals surface area contributed by atoms with E-state index in [0.29, 0.717) is 12.2 Å². The van der Waals surface area contributed by atoms with Gasteiger partial charge in [0.2, 0.25) is 0 Å². The van der Waals surface area contributed by atoms with Crippen molar-refractivity contribution in [3.8, 4) is 11.5 Å². The summed E-state index contributed by atoms with van der Waals surface area (Å²) in [6, 6.07) is 6.27. The van der Waals surface area contributed by atoms with E-state index in [9.17, 15) is 18.0 Å². The predicted octanol–water partition coefficient (Wildman–Crippen LogP) is 4.22. The number of rotatable bonds is 5. The summed E-state index contributed by atoms with van der Waals surface area (Å²) in [4.78, 5) is 14.0. The molecule has 0 bridgehead atoms. The lowest BCUT2D eigenvalue weighted by Crippen LogP contribution is -2.05. The summed E-state index contributed by atoms with van der Waals surface area (Å²) in [5.74, 6) is 0.223. The number of alkyl halides is 3. The minimum absolute atomic E-state index is 0.00292. The number of hydrogen-bond acceptors (Lipinski definition) is 4. The van der Waals surface area contributed by atoms with Crippen LogP contribution in [0.3, 0.4) is 0 Å². The van der Waals surface area contributed by atoms with Crippen molar-refractivity contribution in [3.63, 3.8) is 0 Å². The lowest BCUT2D eigenvalue weighted by atomic mass is 10.2. The Morgan fingerprint density at radius 1 is 1.18 bits per heavy atom. The lowest BCUT2D eigenvalue weighted by molar-refractivity contribution is -0.137. The van der Waals surface area contributed by atoms with E-state index in [4.69, 9.17) is 16.3 Å². The van der Waals surface area contributed by atoms with Gasteiger partial charge in [-0.2, -0.15) is 13.2 Å². The zero-order valence-electron chi connectivity index (χ0n) is 10.9. The Hall–Kier alpha value is -2.28. The molecular weight excluding hydrogens is 323 g/mol. The maximum absolute atomic E-state index is 12.7. The number of ether oxygens (including phenoxy) is 2. The fraction of sp³-hybridized carbons (Fsp3) is 0.143. The lowest BCUT2D eigenvalue weighted by Gasteiger charge is -2.11. The number of hydrogen-bond donors (Lipinski definition) is 0. The molecule has 1 heterocycles. The van der Waals surface area contributed by atoms with Gasteiger partial charge in [0.25, 0.3) is 6.47 Å². The van der Waals surface area contributed by atoms with Gasteiger partial charge in [-0.25, -0.2) is 0 Å². The standard InChI is InChI=1S/C14H9ClF3NO3/c15-13-4-3-10(5-12(13)14(16,17)18)22-11-2-1-9(19-6-11)7-21-8-20/h1-6,8H,7H2. The van der Waals surface area contributed by atoms with Crippen molar-refractivity contribution >= 4 is 18.1 Å². The molecule has 2 aromatic rings. The van der Waals surface area contributed by atoms with E-state index < -0.39 is 16.8 Å². The minimum Gasteiger partial charge on any atom is -0.461 e. The average molecular weight is 332 g/mol. The summed E-state index contributed by atoms with van der Waals surface area (Å²) < 4.78 is 48.0. The number of carbonyl (C=O) groups excluding carboxylic acids is 1. The van der Waals surface area contributed by atoms with E-state index in [1.54, 1.807) is 0 Å². The molecule has 0 aliphatic carbocycles. The first-order valence-electron chi connectivity index (χ1n) is 5.95. The molecule has 0 unspecified atom stereocenters. The number of carbonyl (C=O) groups is 1. The molecule has 0 atom stereocenters. The SMILES string of the molecule is O=COCc1ccc(Oc2ccc(Cl)c(C(F)(F)F)c2)cn1. The fourth-order valence-electron chi connectivity index (χ4n) is 1.60. The molecule has 8 heteroatoms. The maximum Gasteiger partial charge on any atom is 0.417 e. The number of nitrogens with zero attached hydrogens (tertiary/aromatic N) is 1. The van der Waals surface area contributed by atoms with Gasteiger partial charge >= 0.3 is 6.18 Å². The van der Waals surface area contributed by atoms with Crippen molar-refractivity contribution in [3.05, 3.63) is 52.8 Å². The van der Waals surface area contributed by atoms with Gasteiger partial charge in [-0.1, -0.05) is 11.6 Å². The van der Waals surface area contributed by atoms with Gasteiger partial charge in [-0.3, -0.25) is 9.78 Å². The molecule has 0 amide bonds. The van der Waals surface area contributed by atoms with Crippen LogP contribution in [0.5, 0.6) is 11.5 Å². The summed E-state index contributed by atoms with van der Waals surface area (Å²) >= 11 is 5.52. The fourth-order valence-corrected chi connectivity index (χ4v) is 1.82. The highest BCUT2D eigenvalue weighted by Crippen LogP contribution is 2.37. The largest absolute Gasteiger partial charge is 0.461 e. The third-order valence-corrected chi connectivity index (χ3v) is 2.91. The summed E-state index contributed by atoms with van der Waals surface area (Å²) in [7, 11) is 0. The van der Waals surface area contributed by atoms with E-state index in [1.807, 2.05) is 0 Å². The Bertz CT molecular complexity index is 659. The van der Waals surface area contributed by atoms with E-state index in [2.05, 4.69) is 9.72 Å². The number of aromatic nitrogens is 1. The molecule has 2 rings (SSSR count). The summed E-state index contributed by atoms with van der Waals surface area (Å²) in [5, 5.41) is -0.403. The van der Waals surface area contributed by atoms with E-state index >= 15 is 0 Å². The Kier molecular flexibility index (Phi) is 4.87. The van der Waals surface area contributed by atoms with Crippen LogP contribution in [0.25, 0.3) is 0 Å². The zero-order chi connectivity index (χ0) is 16.2. The smallest absolute Gasteiger partial charge is 0.417 e.